The maximum absolute atomic E-state index is 8.66. The zero-order chi connectivity index (χ0) is 10.3. The second-order valence-electron chi connectivity index (χ2n) is 5.05. The zero-order valence-corrected chi connectivity index (χ0v) is 9.77. The van der Waals surface area contributed by atoms with Gasteiger partial charge in [0.2, 0.25) is 0 Å². The summed E-state index contributed by atoms with van der Waals surface area (Å²) in [5, 5.41) is 8.66. The van der Waals surface area contributed by atoms with Gasteiger partial charge in [-0.05, 0) is 24.2 Å². The van der Waals surface area contributed by atoms with E-state index in [4.69, 9.17) is 5.11 Å². The molecule has 1 unspecified atom stereocenters. The van der Waals surface area contributed by atoms with Crippen molar-refractivity contribution in [3.05, 3.63) is 0 Å². The normalized spacial score (nSPS) is 14.5. The maximum atomic E-state index is 8.66. The molecule has 0 aliphatic rings. The third-order valence-corrected chi connectivity index (χ3v) is 2.96. The molecule has 0 aliphatic carbocycles. The molecule has 0 amide bonds. The highest BCUT2D eigenvalue weighted by Crippen LogP contribution is 2.30. The molecule has 1 atom stereocenters. The maximum Gasteiger partial charge on any atom is 0.0431 e. The first-order valence-electron chi connectivity index (χ1n) is 5.62. The first-order chi connectivity index (χ1) is 6.02. The quantitative estimate of drug-likeness (QED) is 0.602. The van der Waals surface area contributed by atoms with Crippen LogP contribution in [0.25, 0.3) is 0 Å². The van der Waals surface area contributed by atoms with E-state index in [0.29, 0.717) is 12.0 Å². The lowest BCUT2D eigenvalue weighted by Crippen LogP contribution is -2.14. The van der Waals surface area contributed by atoms with Crippen molar-refractivity contribution in [2.75, 3.05) is 6.61 Å². The van der Waals surface area contributed by atoms with Gasteiger partial charge in [0.1, 0.15) is 0 Å². The van der Waals surface area contributed by atoms with Crippen LogP contribution < -0.4 is 0 Å². The Kier molecular flexibility index (Phi) is 6.40. The fourth-order valence-corrected chi connectivity index (χ4v) is 1.79. The van der Waals surface area contributed by atoms with Crippen LogP contribution in [0.2, 0.25) is 0 Å². The van der Waals surface area contributed by atoms with Gasteiger partial charge in [0.05, 0.1) is 0 Å². The molecule has 1 heteroatoms. The average molecular weight is 186 g/mol. The van der Waals surface area contributed by atoms with Crippen LogP contribution in [0.5, 0.6) is 0 Å². The van der Waals surface area contributed by atoms with Crippen molar-refractivity contribution in [1.82, 2.24) is 0 Å². The Labute approximate surface area is 83.5 Å². The fraction of sp³-hybridized carbons (Fsp3) is 1.00. The minimum Gasteiger partial charge on any atom is -0.396 e. The molecule has 1 N–H and O–H groups in total. The molecular weight excluding hydrogens is 160 g/mol. The summed E-state index contributed by atoms with van der Waals surface area (Å²) in [4.78, 5) is 0. The average Bonchev–Trinajstić information content (AvgIpc) is 2.04. The van der Waals surface area contributed by atoms with Crippen molar-refractivity contribution in [3.8, 4) is 0 Å². The van der Waals surface area contributed by atoms with Gasteiger partial charge in [0.15, 0.2) is 0 Å². The van der Waals surface area contributed by atoms with E-state index in [9.17, 15) is 0 Å². The molecule has 13 heavy (non-hydrogen) atoms. The summed E-state index contributed by atoms with van der Waals surface area (Å²) in [7, 11) is 0. The van der Waals surface area contributed by atoms with Crippen molar-refractivity contribution < 1.29 is 5.11 Å². The molecule has 0 radical (unpaired) electrons. The van der Waals surface area contributed by atoms with Crippen molar-refractivity contribution >= 4 is 0 Å². The van der Waals surface area contributed by atoms with E-state index >= 15 is 0 Å². The summed E-state index contributed by atoms with van der Waals surface area (Å²) >= 11 is 0. The first kappa shape index (κ1) is 13.0. The van der Waals surface area contributed by atoms with Crippen LogP contribution in [0.4, 0.5) is 0 Å². The van der Waals surface area contributed by atoms with E-state index in [0.717, 1.165) is 12.3 Å². The smallest absolute Gasteiger partial charge is 0.0431 e. The van der Waals surface area contributed by atoms with Gasteiger partial charge in [-0.25, -0.2) is 0 Å². The van der Waals surface area contributed by atoms with Crippen LogP contribution in [-0.4, -0.2) is 11.7 Å². The highest BCUT2D eigenvalue weighted by Gasteiger charge is 2.18. The van der Waals surface area contributed by atoms with Gasteiger partial charge >= 0.3 is 0 Å². The predicted molar refractivity (Wildman–Crippen MR) is 58.8 cm³/mol. The molecule has 0 bridgehead atoms. The molecule has 0 saturated carbocycles. The van der Waals surface area contributed by atoms with Gasteiger partial charge in [-0.3, -0.25) is 0 Å². The van der Waals surface area contributed by atoms with Crippen LogP contribution in [0.1, 0.15) is 59.8 Å². The topological polar surface area (TPSA) is 20.2 Å². The Balaban J connectivity index is 3.55. The van der Waals surface area contributed by atoms with Crippen molar-refractivity contribution in [3.63, 3.8) is 0 Å². The zero-order valence-electron chi connectivity index (χ0n) is 9.77. The first-order valence-corrected chi connectivity index (χ1v) is 5.62. The lowest BCUT2D eigenvalue weighted by atomic mass is 9.80. The molecule has 0 aromatic carbocycles. The molecule has 0 spiro atoms. The minimum atomic E-state index is 0.351. The van der Waals surface area contributed by atoms with Gasteiger partial charge in [-0.15, -0.1) is 0 Å². The lowest BCUT2D eigenvalue weighted by molar-refractivity contribution is 0.244. The summed E-state index contributed by atoms with van der Waals surface area (Å²) < 4.78 is 0. The SMILES string of the molecule is CCC(C)(C)CC(C)CCCCO. The van der Waals surface area contributed by atoms with Gasteiger partial charge < -0.3 is 5.11 Å². The molecule has 1 nitrogen and oxygen atoms in total. The molecule has 0 rings (SSSR count). The van der Waals surface area contributed by atoms with E-state index < -0.39 is 0 Å². The minimum absolute atomic E-state index is 0.351. The molecule has 80 valence electrons. The van der Waals surface area contributed by atoms with Crippen LogP contribution in [-0.2, 0) is 0 Å². The Morgan fingerprint density at radius 2 is 1.85 bits per heavy atom. The number of unbranched alkanes of at least 4 members (excludes halogenated alkanes) is 1. The summed E-state index contributed by atoms with van der Waals surface area (Å²) in [5.74, 6) is 0.807. The van der Waals surface area contributed by atoms with Crippen molar-refractivity contribution in [2.24, 2.45) is 11.3 Å². The standard InChI is InChI=1S/C12H26O/c1-5-12(3,4)10-11(2)8-6-7-9-13/h11,13H,5-10H2,1-4H3. The molecule has 0 fully saturated rings. The van der Waals surface area contributed by atoms with Crippen molar-refractivity contribution in [1.29, 1.82) is 0 Å². The summed E-state index contributed by atoms with van der Waals surface area (Å²) in [6, 6.07) is 0. The van der Waals surface area contributed by atoms with E-state index in [1.165, 1.54) is 25.7 Å². The van der Waals surface area contributed by atoms with E-state index in [1.807, 2.05) is 0 Å². The molecule has 0 aromatic rings. The number of rotatable bonds is 7. The Bertz CT molecular complexity index is 118. The molecular formula is C12H26O. The predicted octanol–water partition coefficient (Wildman–Crippen LogP) is 3.61. The van der Waals surface area contributed by atoms with E-state index in [2.05, 4.69) is 27.7 Å². The summed E-state index contributed by atoms with van der Waals surface area (Å²) in [6.07, 6.45) is 5.99. The summed E-state index contributed by atoms with van der Waals surface area (Å²) in [5.41, 5.74) is 0.499. The Morgan fingerprint density at radius 3 is 2.31 bits per heavy atom. The number of hydrogen-bond donors (Lipinski definition) is 1. The van der Waals surface area contributed by atoms with E-state index in [1.54, 1.807) is 0 Å². The molecule has 0 aliphatic heterocycles. The van der Waals surface area contributed by atoms with Crippen LogP contribution in [0.15, 0.2) is 0 Å². The fourth-order valence-electron chi connectivity index (χ4n) is 1.79. The Morgan fingerprint density at radius 1 is 1.23 bits per heavy atom. The monoisotopic (exact) mass is 186 g/mol. The summed E-state index contributed by atoms with van der Waals surface area (Å²) in [6.45, 7) is 9.63. The van der Waals surface area contributed by atoms with Crippen LogP contribution >= 0.6 is 0 Å². The van der Waals surface area contributed by atoms with Gasteiger partial charge in [-0.1, -0.05) is 47.0 Å². The van der Waals surface area contributed by atoms with Crippen molar-refractivity contribution in [2.45, 2.75) is 59.8 Å². The van der Waals surface area contributed by atoms with Gasteiger partial charge in [0.25, 0.3) is 0 Å². The highest BCUT2D eigenvalue weighted by atomic mass is 16.2. The molecule has 0 heterocycles. The third-order valence-electron chi connectivity index (χ3n) is 2.96. The van der Waals surface area contributed by atoms with Gasteiger partial charge in [-0.2, -0.15) is 0 Å². The second-order valence-corrected chi connectivity index (χ2v) is 5.05. The number of hydrogen-bond acceptors (Lipinski definition) is 1. The highest BCUT2D eigenvalue weighted by molar-refractivity contribution is 4.69. The van der Waals surface area contributed by atoms with E-state index in [-0.39, 0.29) is 0 Å². The number of aliphatic hydroxyl groups is 1. The second kappa shape index (κ2) is 6.42. The molecule has 0 aromatic heterocycles. The van der Waals surface area contributed by atoms with Crippen LogP contribution in [0.3, 0.4) is 0 Å². The molecule has 0 saturated heterocycles. The Hall–Kier alpha value is -0.0400. The number of aliphatic hydroxyl groups excluding tert-OH is 1. The van der Waals surface area contributed by atoms with Crippen LogP contribution in [0, 0.1) is 11.3 Å². The largest absolute Gasteiger partial charge is 0.396 e. The lowest BCUT2D eigenvalue weighted by Gasteiger charge is -2.26. The van der Waals surface area contributed by atoms with Gasteiger partial charge in [0, 0.05) is 6.61 Å². The third kappa shape index (κ3) is 7.06.